The number of hydrogen-bond donors (Lipinski definition) is 0. The van der Waals surface area contributed by atoms with Crippen molar-refractivity contribution in [2.75, 3.05) is 0 Å². The van der Waals surface area contributed by atoms with Gasteiger partial charge in [-0.3, -0.25) is 4.98 Å². The van der Waals surface area contributed by atoms with Gasteiger partial charge >= 0.3 is 0 Å². The summed E-state index contributed by atoms with van der Waals surface area (Å²) in [6.45, 7) is -9.96. The highest BCUT2D eigenvalue weighted by molar-refractivity contribution is 9.10. The fraction of sp³-hybridized carbons (Fsp3) is 0.500. The zero-order valence-electron chi connectivity index (χ0n) is 14.4. The maximum Gasteiger partial charge on any atom is 0.124 e. The third-order valence-corrected chi connectivity index (χ3v) is 1.37. The van der Waals surface area contributed by atoms with Crippen LogP contribution in [0.4, 0.5) is 0 Å². The minimum atomic E-state index is -3.32. The molecule has 0 radical (unpaired) electrons. The molecule has 0 N–H and O–H groups in total. The van der Waals surface area contributed by atoms with Gasteiger partial charge < -0.3 is 0 Å². The third-order valence-electron chi connectivity index (χ3n) is 0.989. The molecule has 11 heavy (non-hydrogen) atoms. The minimum absolute atomic E-state index is 0.0529. The second-order valence-electron chi connectivity index (χ2n) is 1.98. The van der Waals surface area contributed by atoms with E-state index < -0.39 is 31.7 Å². The SMILES string of the molecule is [2H]C([2H])([2H])C(c1cncc(Br)n1)(C([2H])([2H])[2H])C([2H])([2H])[2H]. The predicted molar refractivity (Wildman–Crippen MR) is 48.4 cm³/mol. The molecule has 0 amide bonds. The van der Waals surface area contributed by atoms with E-state index in [1.54, 1.807) is 0 Å². The highest BCUT2D eigenvalue weighted by Crippen LogP contribution is 2.19. The van der Waals surface area contributed by atoms with Crippen molar-refractivity contribution < 1.29 is 12.3 Å². The van der Waals surface area contributed by atoms with Gasteiger partial charge in [0, 0.05) is 23.9 Å². The van der Waals surface area contributed by atoms with Crippen LogP contribution < -0.4 is 0 Å². The van der Waals surface area contributed by atoms with Crippen molar-refractivity contribution in [3.05, 3.63) is 22.7 Å². The van der Waals surface area contributed by atoms with E-state index in [1.165, 1.54) is 6.20 Å². The van der Waals surface area contributed by atoms with Gasteiger partial charge in [-0.2, -0.15) is 0 Å². The Balaban J connectivity index is 3.82. The van der Waals surface area contributed by atoms with Gasteiger partial charge in [0.1, 0.15) is 4.60 Å². The van der Waals surface area contributed by atoms with E-state index in [4.69, 9.17) is 12.3 Å². The highest BCUT2D eigenvalue weighted by Gasteiger charge is 2.15. The van der Waals surface area contributed by atoms with Crippen LogP contribution in [-0.4, -0.2) is 9.97 Å². The Morgan fingerprint density at radius 3 is 2.73 bits per heavy atom. The summed E-state index contributed by atoms with van der Waals surface area (Å²) in [4.78, 5) is 7.35. The van der Waals surface area contributed by atoms with Crippen LogP contribution in [0, 0.1) is 0 Å². The van der Waals surface area contributed by atoms with Gasteiger partial charge in [0.2, 0.25) is 0 Å². The topological polar surface area (TPSA) is 25.8 Å². The van der Waals surface area contributed by atoms with E-state index in [1.807, 2.05) is 0 Å². The van der Waals surface area contributed by atoms with Gasteiger partial charge in [-0.15, -0.1) is 0 Å². The first-order valence-electron chi connectivity index (χ1n) is 7.23. The molecule has 3 heteroatoms. The van der Waals surface area contributed by atoms with Crippen molar-refractivity contribution in [1.82, 2.24) is 9.97 Å². The zero-order valence-corrected chi connectivity index (χ0v) is 7.01. The molecule has 60 valence electrons. The first kappa shape index (κ1) is 2.52. The number of aromatic nitrogens is 2. The van der Waals surface area contributed by atoms with Crippen molar-refractivity contribution in [2.24, 2.45) is 0 Å². The molecule has 1 aromatic rings. The lowest BCUT2D eigenvalue weighted by Gasteiger charge is -2.16. The largest absolute Gasteiger partial charge is 0.260 e. The van der Waals surface area contributed by atoms with Crippen LogP contribution >= 0.6 is 15.9 Å². The molecule has 0 aliphatic heterocycles. The van der Waals surface area contributed by atoms with E-state index >= 15 is 0 Å². The van der Waals surface area contributed by atoms with Crippen LogP contribution in [-0.2, 0) is 5.41 Å². The number of nitrogens with zero attached hydrogens (tertiary/aromatic N) is 2. The molecule has 0 aromatic carbocycles. The number of hydrogen-bond acceptors (Lipinski definition) is 2. The van der Waals surface area contributed by atoms with Crippen molar-refractivity contribution in [3.63, 3.8) is 0 Å². The number of halogens is 1. The summed E-state index contributed by atoms with van der Waals surface area (Å²) >= 11 is 2.93. The first-order valence-corrected chi connectivity index (χ1v) is 3.52. The molecule has 1 aromatic heterocycles. The van der Waals surface area contributed by atoms with Gasteiger partial charge in [-0.05, 0) is 15.9 Å². The monoisotopic (exact) mass is 223 g/mol. The zero-order chi connectivity index (χ0) is 16.0. The molecule has 0 saturated heterocycles. The second kappa shape index (κ2) is 2.89. The maximum atomic E-state index is 7.49. The Kier molecular flexibility index (Phi) is 0.663. The average Bonchev–Trinajstić information content (AvgIpc) is 2.10. The Morgan fingerprint density at radius 1 is 1.45 bits per heavy atom. The molecule has 0 aliphatic rings. The van der Waals surface area contributed by atoms with Crippen molar-refractivity contribution in [2.45, 2.75) is 26.0 Å². The van der Waals surface area contributed by atoms with E-state index in [9.17, 15) is 0 Å². The Labute approximate surface area is 87.8 Å². The Hall–Kier alpha value is -0.440. The smallest absolute Gasteiger partial charge is 0.124 e. The molecule has 1 rings (SSSR count). The molecular weight excluding hydrogens is 204 g/mol. The molecular formula is C8H11BrN2. The molecule has 0 atom stereocenters. The van der Waals surface area contributed by atoms with E-state index in [2.05, 4.69) is 25.9 Å². The molecule has 0 fully saturated rings. The Morgan fingerprint density at radius 2 is 2.18 bits per heavy atom. The molecule has 0 aliphatic carbocycles. The lowest BCUT2D eigenvalue weighted by Crippen LogP contribution is -2.13. The summed E-state index contributed by atoms with van der Waals surface area (Å²) in [5, 5.41) is 0. The summed E-state index contributed by atoms with van der Waals surface area (Å²) in [6.07, 6.45) is 2.06. The fourth-order valence-corrected chi connectivity index (χ4v) is 0.832. The average molecular weight is 224 g/mol. The number of rotatable bonds is 0. The summed E-state index contributed by atoms with van der Waals surface area (Å²) in [5.41, 5.74) is -3.73. The van der Waals surface area contributed by atoms with Crippen LogP contribution in [0.5, 0.6) is 0 Å². The second-order valence-corrected chi connectivity index (χ2v) is 2.79. The molecule has 0 bridgehead atoms. The standard InChI is InChI=1S/C8H11BrN2/c1-8(2,3)6-4-10-5-7(9)11-6/h4-5H,1-3H3/i1D3,2D3,3D3. The van der Waals surface area contributed by atoms with Crippen LogP contribution in [0.1, 0.15) is 38.6 Å². The van der Waals surface area contributed by atoms with Gasteiger partial charge in [0.25, 0.3) is 0 Å². The van der Waals surface area contributed by atoms with E-state index in [-0.39, 0.29) is 4.60 Å². The molecule has 2 nitrogen and oxygen atoms in total. The molecule has 0 saturated carbocycles. The third kappa shape index (κ3) is 2.26. The normalized spacial score (nSPS) is 27.2. The summed E-state index contributed by atoms with van der Waals surface area (Å²) in [6, 6.07) is 0. The molecule has 0 spiro atoms. The lowest BCUT2D eigenvalue weighted by molar-refractivity contribution is 0.564. The fourth-order valence-electron chi connectivity index (χ4n) is 0.523. The van der Waals surface area contributed by atoms with Crippen LogP contribution in [0.3, 0.4) is 0 Å². The van der Waals surface area contributed by atoms with Gasteiger partial charge in [-0.25, -0.2) is 4.98 Å². The van der Waals surface area contributed by atoms with Crippen LogP contribution in [0.25, 0.3) is 0 Å². The van der Waals surface area contributed by atoms with E-state index in [0.29, 0.717) is 0 Å². The summed E-state index contributed by atoms with van der Waals surface area (Å²) in [5.74, 6) is 0. The molecule has 0 unspecified atom stereocenters. The van der Waals surface area contributed by atoms with Gasteiger partial charge in [0.15, 0.2) is 0 Å². The van der Waals surface area contributed by atoms with Gasteiger partial charge in [0.05, 0.1) is 11.9 Å². The van der Waals surface area contributed by atoms with Crippen LogP contribution in [0.2, 0.25) is 0 Å². The van der Waals surface area contributed by atoms with Gasteiger partial charge in [-0.1, -0.05) is 20.6 Å². The van der Waals surface area contributed by atoms with Crippen molar-refractivity contribution >= 4 is 15.9 Å². The van der Waals surface area contributed by atoms with E-state index in [0.717, 1.165) is 6.20 Å². The Bertz CT molecular complexity index is 454. The van der Waals surface area contributed by atoms with Crippen LogP contribution in [0.15, 0.2) is 17.0 Å². The van der Waals surface area contributed by atoms with Crippen molar-refractivity contribution in [3.8, 4) is 0 Å². The first-order chi connectivity index (χ1) is 8.75. The minimum Gasteiger partial charge on any atom is -0.260 e. The highest BCUT2D eigenvalue weighted by atomic mass is 79.9. The summed E-state index contributed by atoms with van der Waals surface area (Å²) < 4.78 is 67.4. The predicted octanol–water partition coefficient (Wildman–Crippen LogP) is 2.54. The molecule has 1 heterocycles. The lowest BCUT2D eigenvalue weighted by atomic mass is 9.93. The van der Waals surface area contributed by atoms with Crippen molar-refractivity contribution in [1.29, 1.82) is 0 Å². The quantitative estimate of drug-likeness (QED) is 0.676. The summed E-state index contributed by atoms with van der Waals surface area (Å²) in [7, 11) is 0. The maximum absolute atomic E-state index is 7.49.